The van der Waals surface area contributed by atoms with Crippen LogP contribution in [0.25, 0.3) is 0 Å². The second-order valence-corrected chi connectivity index (χ2v) is 6.80. The molecule has 4 rings (SSSR count). The first-order valence-corrected chi connectivity index (χ1v) is 8.06. The Morgan fingerprint density at radius 2 is 2.05 bits per heavy atom. The first kappa shape index (κ1) is 13.8. The van der Waals surface area contributed by atoms with Gasteiger partial charge in [0, 0.05) is 31.2 Å². The van der Waals surface area contributed by atoms with E-state index < -0.39 is 0 Å². The maximum absolute atomic E-state index is 13.0. The molecule has 3 N–H and O–H groups in total. The minimum Gasteiger partial charge on any atom is -0.342 e. The van der Waals surface area contributed by atoms with Crippen molar-refractivity contribution in [2.24, 2.45) is 17.6 Å². The molecular formula is C17H21N3O2. The monoisotopic (exact) mass is 299 g/mol. The van der Waals surface area contributed by atoms with Crippen molar-refractivity contribution in [3.63, 3.8) is 0 Å². The molecule has 1 aliphatic carbocycles. The number of rotatable bonds is 1. The number of nitrogens with two attached hydrogens (primary N) is 1. The summed E-state index contributed by atoms with van der Waals surface area (Å²) in [5, 5.41) is 2.85. The summed E-state index contributed by atoms with van der Waals surface area (Å²) in [5.41, 5.74) is 7.87. The highest BCUT2D eigenvalue weighted by atomic mass is 16.2. The number of likely N-dealkylation sites (tertiary alicyclic amines) is 1. The number of nitrogens with zero attached hydrogens (tertiary/aromatic N) is 1. The minimum absolute atomic E-state index is 0.0758. The van der Waals surface area contributed by atoms with Crippen LogP contribution >= 0.6 is 0 Å². The smallest absolute Gasteiger partial charge is 0.230 e. The number of fused-ring (bicyclic) bond motifs is 2. The van der Waals surface area contributed by atoms with Crippen LogP contribution < -0.4 is 11.1 Å². The van der Waals surface area contributed by atoms with Gasteiger partial charge in [0.05, 0.1) is 5.92 Å². The van der Waals surface area contributed by atoms with Gasteiger partial charge in [-0.25, -0.2) is 0 Å². The van der Waals surface area contributed by atoms with Crippen LogP contribution in [0.1, 0.15) is 30.7 Å². The number of carbonyl (C=O) groups is 2. The maximum Gasteiger partial charge on any atom is 0.230 e. The number of hydrogen-bond acceptors (Lipinski definition) is 3. The van der Waals surface area contributed by atoms with Crippen LogP contribution in [-0.4, -0.2) is 35.8 Å². The van der Waals surface area contributed by atoms with Crippen LogP contribution in [0.15, 0.2) is 24.3 Å². The Balaban J connectivity index is 1.58. The number of nitrogens with one attached hydrogen (secondary N) is 1. The number of benzene rings is 1. The normalized spacial score (nSPS) is 33.3. The summed E-state index contributed by atoms with van der Waals surface area (Å²) in [6.45, 7) is 1.56. The van der Waals surface area contributed by atoms with Gasteiger partial charge in [0.25, 0.3) is 0 Å². The van der Waals surface area contributed by atoms with Crippen molar-refractivity contribution < 1.29 is 9.59 Å². The van der Waals surface area contributed by atoms with Gasteiger partial charge < -0.3 is 16.0 Å². The molecule has 0 aromatic heterocycles. The van der Waals surface area contributed by atoms with E-state index in [0.29, 0.717) is 11.8 Å². The number of hydrogen-bond donors (Lipinski definition) is 2. The molecular weight excluding hydrogens is 278 g/mol. The fourth-order valence-electron chi connectivity index (χ4n) is 4.34. The third-order valence-electron chi connectivity index (χ3n) is 5.52. The van der Waals surface area contributed by atoms with E-state index in [1.54, 1.807) is 0 Å². The van der Waals surface area contributed by atoms with Gasteiger partial charge in [0.1, 0.15) is 0 Å². The lowest BCUT2D eigenvalue weighted by Gasteiger charge is -2.29. The Hall–Kier alpha value is -1.88. The van der Waals surface area contributed by atoms with Gasteiger partial charge in [0.2, 0.25) is 11.8 Å². The second-order valence-electron chi connectivity index (χ2n) is 6.80. The summed E-state index contributed by atoms with van der Waals surface area (Å²) in [6, 6.07) is 7.84. The molecule has 1 saturated heterocycles. The highest BCUT2D eigenvalue weighted by Gasteiger charge is 2.44. The van der Waals surface area contributed by atoms with Crippen LogP contribution in [0.2, 0.25) is 0 Å². The van der Waals surface area contributed by atoms with E-state index in [9.17, 15) is 9.59 Å². The van der Waals surface area contributed by atoms with E-state index >= 15 is 0 Å². The Labute approximate surface area is 129 Å². The van der Waals surface area contributed by atoms with Gasteiger partial charge in [-0.15, -0.1) is 0 Å². The SMILES string of the molecule is NC1CCC2CN(C(=O)C3CC(=O)Nc4ccccc43)CC12. The fraction of sp³-hybridized carbons (Fsp3) is 0.529. The molecule has 5 heteroatoms. The van der Waals surface area contributed by atoms with Gasteiger partial charge >= 0.3 is 0 Å². The van der Waals surface area contributed by atoms with Gasteiger partial charge in [-0.1, -0.05) is 18.2 Å². The molecule has 1 aromatic carbocycles. The molecule has 4 atom stereocenters. The summed E-state index contributed by atoms with van der Waals surface area (Å²) < 4.78 is 0. The lowest BCUT2D eigenvalue weighted by molar-refractivity contribution is -0.134. The molecule has 0 radical (unpaired) electrons. The molecule has 5 nitrogen and oxygen atoms in total. The van der Waals surface area contributed by atoms with Crippen LogP contribution in [0.5, 0.6) is 0 Å². The lowest BCUT2D eigenvalue weighted by atomic mass is 9.89. The van der Waals surface area contributed by atoms with Gasteiger partial charge in [-0.2, -0.15) is 0 Å². The molecule has 1 saturated carbocycles. The Bertz CT molecular complexity index is 630. The molecule has 22 heavy (non-hydrogen) atoms. The van der Waals surface area contributed by atoms with Crippen molar-refractivity contribution in [3.05, 3.63) is 29.8 Å². The molecule has 2 heterocycles. The summed E-state index contributed by atoms with van der Waals surface area (Å²) in [4.78, 5) is 26.8. The Kier molecular flexibility index (Phi) is 3.18. The van der Waals surface area contributed by atoms with E-state index in [4.69, 9.17) is 5.73 Å². The van der Waals surface area contributed by atoms with E-state index in [2.05, 4.69) is 5.32 Å². The Morgan fingerprint density at radius 3 is 2.86 bits per heavy atom. The molecule has 2 aliphatic heterocycles. The highest BCUT2D eigenvalue weighted by Crippen LogP contribution is 2.40. The van der Waals surface area contributed by atoms with E-state index in [1.807, 2.05) is 29.2 Å². The molecule has 116 valence electrons. The van der Waals surface area contributed by atoms with Gasteiger partial charge in [-0.05, 0) is 36.3 Å². The van der Waals surface area contributed by atoms with Crippen molar-refractivity contribution in [2.45, 2.75) is 31.2 Å². The molecule has 4 unspecified atom stereocenters. The molecule has 1 aromatic rings. The zero-order chi connectivity index (χ0) is 15.3. The van der Waals surface area contributed by atoms with Crippen LogP contribution in [0, 0.1) is 11.8 Å². The topological polar surface area (TPSA) is 75.4 Å². The first-order valence-electron chi connectivity index (χ1n) is 8.06. The van der Waals surface area contributed by atoms with E-state index in [0.717, 1.165) is 37.2 Å². The number of anilines is 1. The van der Waals surface area contributed by atoms with Crippen molar-refractivity contribution in [1.82, 2.24) is 4.90 Å². The first-order chi connectivity index (χ1) is 10.6. The minimum atomic E-state index is -0.347. The highest BCUT2D eigenvalue weighted by molar-refractivity contribution is 6.01. The van der Waals surface area contributed by atoms with Crippen molar-refractivity contribution in [3.8, 4) is 0 Å². The summed E-state index contributed by atoms with van der Waals surface area (Å²) in [7, 11) is 0. The van der Waals surface area contributed by atoms with E-state index in [-0.39, 0.29) is 30.2 Å². The third-order valence-corrected chi connectivity index (χ3v) is 5.52. The fourth-order valence-corrected chi connectivity index (χ4v) is 4.34. The zero-order valence-corrected chi connectivity index (χ0v) is 12.5. The Morgan fingerprint density at radius 1 is 1.23 bits per heavy atom. The summed E-state index contributed by atoms with van der Waals surface area (Å²) in [6.07, 6.45) is 2.44. The second kappa shape index (κ2) is 5.09. The number of carbonyl (C=O) groups excluding carboxylic acids is 2. The molecule has 3 aliphatic rings. The maximum atomic E-state index is 13.0. The molecule has 0 spiro atoms. The number of amides is 2. The standard InChI is InChI=1S/C17H21N3O2/c18-14-6-5-10-8-20(9-13(10)14)17(22)12-7-16(21)19-15-4-2-1-3-11(12)15/h1-4,10,12-14H,5-9,18H2,(H,19,21). The molecule has 2 amide bonds. The summed E-state index contributed by atoms with van der Waals surface area (Å²) >= 11 is 0. The average molecular weight is 299 g/mol. The zero-order valence-electron chi connectivity index (χ0n) is 12.5. The van der Waals surface area contributed by atoms with Crippen molar-refractivity contribution in [2.75, 3.05) is 18.4 Å². The largest absolute Gasteiger partial charge is 0.342 e. The van der Waals surface area contributed by atoms with Crippen LogP contribution in [-0.2, 0) is 9.59 Å². The molecule has 2 fully saturated rings. The van der Waals surface area contributed by atoms with E-state index in [1.165, 1.54) is 0 Å². The van der Waals surface area contributed by atoms with Crippen molar-refractivity contribution in [1.29, 1.82) is 0 Å². The van der Waals surface area contributed by atoms with Gasteiger partial charge in [-0.3, -0.25) is 9.59 Å². The summed E-state index contributed by atoms with van der Waals surface area (Å²) in [5.74, 6) is 0.653. The van der Waals surface area contributed by atoms with Crippen LogP contribution in [0.4, 0.5) is 5.69 Å². The average Bonchev–Trinajstić information content (AvgIpc) is 3.08. The van der Waals surface area contributed by atoms with Crippen LogP contribution in [0.3, 0.4) is 0 Å². The molecule has 0 bridgehead atoms. The lowest BCUT2D eigenvalue weighted by Crippen LogP contribution is -2.39. The van der Waals surface area contributed by atoms with Gasteiger partial charge in [0.15, 0.2) is 0 Å². The van der Waals surface area contributed by atoms with Crippen molar-refractivity contribution >= 4 is 17.5 Å². The third kappa shape index (κ3) is 2.11. The number of para-hydroxylation sites is 1. The quantitative estimate of drug-likeness (QED) is 0.821. The predicted octanol–water partition coefficient (Wildman–Crippen LogP) is 1.31. The predicted molar refractivity (Wildman–Crippen MR) is 83.2 cm³/mol.